The molecule has 9 heteroatoms. The van der Waals surface area contributed by atoms with E-state index in [2.05, 4.69) is 22.4 Å². The number of hydrogen-bond acceptors (Lipinski definition) is 2. The van der Waals surface area contributed by atoms with Gasteiger partial charge in [-0.2, -0.15) is 13.5 Å². The van der Waals surface area contributed by atoms with Crippen LogP contribution in [0.1, 0.15) is 14.9 Å². The van der Waals surface area contributed by atoms with Crippen molar-refractivity contribution in [2.75, 3.05) is 0 Å². The van der Waals surface area contributed by atoms with Crippen molar-refractivity contribution in [3.8, 4) is 0 Å². The van der Waals surface area contributed by atoms with Crippen LogP contribution in [0, 0.1) is 0 Å². The van der Waals surface area contributed by atoms with Crippen LogP contribution in [0.15, 0.2) is 0 Å². The van der Waals surface area contributed by atoms with E-state index in [0.717, 1.165) is 0 Å². The van der Waals surface area contributed by atoms with Gasteiger partial charge < -0.3 is 0 Å². The minimum absolute atomic E-state index is 0. The van der Waals surface area contributed by atoms with Crippen molar-refractivity contribution < 1.29 is 0 Å². The van der Waals surface area contributed by atoms with Gasteiger partial charge in [-0.25, -0.2) is 0 Å². The maximum absolute atomic E-state index is 4.33. The maximum atomic E-state index is 4.33. The fourth-order valence-corrected chi connectivity index (χ4v) is 0. The molecule has 0 nitrogen and oxygen atoms in total. The topological polar surface area (TPSA) is 0 Å². The Morgan fingerprint density at radius 2 is 0.818 bits per heavy atom. The molecule has 0 saturated heterocycles. The monoisotopic (exact) mass is 286 g/mol. The molecule has 0 atom stereocenters. The average molecular weight is 286 g/mol. The molecule has 0 aliphatic heterocycles. The third-order valence-corrected chi connectivity index (χ3v) is 2.25. The summed E-state index contributed by atoms with van der Waals surface area (Å²) in [5, 5.41) is 0. The van der Waals surface area contributed by atoms with Gasteiger partial charge in [0.05, 0.1) is 0 Å². The second-order valence-electron chi connectivity index (χ2n) is 0.136. The normalized spacial score (nSPS) is 3.27. The number of hydrogen-bond donors (Lipinski definition) is 0. The first-order valence-electron chi connectivity index (χ1n) is 2.50. The van der Waals surface area contributed by atoms with Gasteiger partial charge in [0.2, 0.25) is 0 Å². The molecule has 0 aromatic rings. The van der Waals surface area contributed by atoms with Crippen molar-refractivity contribution in [3.05, 3.63) is 0 Å². The number of rotatable bonds is 0. The molecule has 0 bridgehead atoms. The summed E-state index contributed by atoms with van der Waals surface area (Å²) in [6.45, 7) is 0. The summed E-state index contributed by atoms with van der Waals surface area (Å²) >= 11 is 14.4. The van der Waals surface area contributed by atoms with Crippen LogP contribution >= 0.6 is 13.5 Å². The van der Waals surface area contributed by atoms with Crippen molar-refractivity contribution in [1.29, 1.82) is 0 Å². The fourth-order valence-electron chi connectivity index (χ4n) is 0. The van der Waals surface area contributed by atoms with E-state index in [-0.39, 0.29) is 28.3 Å². The molecule has 0 radical (unpaired) electrons. The standard InChI is InChI=1S/2CH4.4Na.S4.H2S/c;;;;;;1-3-4-2;/h2*1H4;;;;;;1H2. The van der Waals surface area contributed by atoms with Gasteiger partial charge in [-0.15, -0.1) is 0 Å². The molecular weight excluding hydrogens is 276 g/mol. The zero-order valence-electron chi connectivity index (χ0n) is 6.13. The molecule has 0 N–H and O–H groups in total. The Kier molecular flexibility index (Phi) is 193. The van der Waals surface area contributed by atoms with Gasteiger partial charge in [0, 0.05) is 40.1 Å². The van der Waals surface area contributed by atoms with E-state index >= 15 is 0 Å². The Hall–Kier alpha value is 5.23. The van der Waals surface area contributed by atoms with Gasteiger partial charge in [0.1, 0.15) is 0 Å². The summed E-state index contributed by atoms with van der Waals surface area (Å²) < 4.78 is 0. The predicted octanol–water partition coefficient (Wildman–Crippen LogP) is -0.148. The van der Waals surface area contributed by atoms with E-state index in [1.54, 1.807) is 0 Å². The molecule has 0 heterocycles. The van der Waals surface area contributed by atoms with Gasteiger partial charge in [0.25, 0.3) is 0 Å². The summed E-state index contributed by atoms with van der Waals surface area (Å²) in [6, 6.07) is 0. The van der Waals surface area contributed by atoms with Gasteiger partial charge in [-0.05, 0) is 0 Å². The summed E-state index contributed by atoms with van der Waals surface area (Å²) in [7, 11) is 2.34. The molecule has 0 aromatic heterocycles. The first-order valence-corrected chi connectivity index (χ1v) is 22.5. The average Bonchev–Trinajstić information content (AvgIpc) is 1.96. The van der Waals surface area contributed by atoms with E-state index in [1.807, 2.05) is 0 Å². The Morgan fingerprint density at radius 1 is 0.727 bits per heavy atom. The van der Waals surface area contributed by atoms with Gasteiger partial charge in [0.15, 0.2) is 0 Å². The Bertz CT molecular complexity index is 66.6. The molecule has 0 amide bonds. The van der Waals surface area contributed by atoms with Crippen molar-refractivity contribution >= 4 is 141 Å². The third kappa shape index (κ3) is 68.7. The summed E-state index contributed by atoms with van der Waals surface area (Å²) in [5.41, 5.74) is 0. The van der Waals surface area contributed by atoms with Gasteiger partial charge >= 0.3 is 87.2 Å². The first kappa shape index (κ1) is 36.0. The van der Waals surface area contributed by atoms with Crippen molar-refractivity contribution in [2.24, 2.45) is 0 Å². The van der Waals surface area contributed by atoms with Crippen molar-refractivity contribution in [1.82, 2.24) is 0 Å². The third-order valence-electron chi connectivity index (χ3n) is 0.0278. The predicted molar refractivity (Wildman–Crippen MR) is 76.3 cm³/mol. The van der Waals surface area contributed by atoms with Crippen LogP contribution in [0.3, 0.4) is 0 Å². The van der Waals surface area contributed by atoms with Crippen LogP contribution in [-0.2, 0) is 40.1 Å². The van der Waals surface area contributed by atoms with E-state index in [1.165, 1.54) is 105 Å². The Morgan fingerprint density at radius 3 is 0.818 bits per heavy atom. The fraction of sp³-hybridized carbons (Fsp3) is 1.00. The molecule has 0 aliphatic rings. The minimum atomic E-state index is 0. The van der Waals surface area contributed by atoms with Crippen LogP contribution in [-0.4, -0.2) is 87.2 Å². The molecule has 0 aliphatic carbocycles. The second-order valence-corrected chi connectivity index (χ2v) is 3.67. The molecule has 0 saturated carbocycles. The molecule has 52 valence electrons. The van der Waals surface area contributed by atoms with Crippen LogP contribution in [0.2, 0.25) is 0 Å². The SMILES string of the molecule is C.C.S.S=S=S=S.[Na][Na].[Na][Na]. The Labute approximate surface area is 151 Å². The first-order chi connectivity index (χ1) is 3.91. The second kappa shape index (κ2) is 59.0. The molecule has 0 fully saturated rings. The van der Waals surface area contributed by atoms with Crippen LogP contribution in [0.25, 0.3) is 0 Å². The summed E-state index contributed by atoms with van der Waals surface area (Å²) in [6.07, 6.45) is 0. The van der Waals surface area contributed by atoms with Crippen molar-refractivity contribution in [3.63, 3.8) is 0 Å². The molecule has 0 rings (SSSR count). The summed E-state index contributed by atoms with van der Waals surface area (Å²) in [4.78, 5) is 0. The van der Waals surface area contributed by atoms with Gasteiger partial charge in [-0.3, -0.25) is 0 Å². The summed E-state index contributed by atoms with van der Waals surface area (Å²) in [5.74, 6) is 0. The van der Waals surface area contributed by atoms with Gasteiger partial charge in [-0.1, -0.05) is 14.9 Å². The van der Waals surface area contributed by atoms with E-state index in [0.29, 0.717) is 0 Å². The van der Waals surface area contributed by atoms with Crippen LogP contribution < -0.4 is 0 Å². The van der Waals surface area contributed by atoms with E-state index in [4.69, 9.17) is 0 Å². The zero-order chi connectivity index (χ0) is 7.41. The molecule has 0 unspecified atom stereocenters. The van der Waals surface area contributed by atoms with E-state index < -0.39 is 0 Å². The molecular formula is C2H10Na4S5. The van der Waals surface area contributed by atoms with Crippen LogP contribution in [0.4, 0.5) is 0 Å². The molecule has 11 heavy (non-hydrogen) atoms. The zero-order valence-corrected chi connectivity index (χ0v) is 18.4. The quantitative estimate of drug-likeness (QED) is 0.568. The van der Waals surface area contributed by atoms with E-state index in [9.17, 15) is 0 Å². The van der Waals surface area contributed by atoms with Crippen molar-refractivity contribution in [2.45, 2.75) is 14.9 Å². The van der Waals surface area contributed by atoms with Crippen LogP contribution in [0.5, 0.6) is 0 Å². The Balaban J connectivity index is -0.00000000813. The molecule has 0 aromatic carbocycles. The molecule has 0 spiro atoms.